The second-order valence-electron chi connectivity index (χ2n) is 8.11. The normalized spacial score (nSPS) is 26.2. The van der Waals surface area contributed by atoms with Gasteiger partial charge in [0.2, 0.25) is 11.8 Å². The van der Waals surface area contributed by atoms with Gasteiger partial charge in [-0.05, 0) is 61.9 Å². The van der Waals surface area contributed by atoms with Crippen molar-refractivity contribution in [1.29, 1.82) is 5.26 Å². The summed E-state index contributed by atoms with van der Waals surface area (Å²) < 4.78 is 0. The first-order chi connectivity index (χ1) is 14.4. The highest BCUT2D eigenvalue weighted by Crippen LogP contribution is 2.53. The number of nitriles is 1. The summed E-state index contributed by atoms with van der Waals surface area (Å²) in [5.74, 6) is -0.769. The van der Waals surface area contributed by atoms with Crippen LogP contribution in [0.5, 0.6) is 0 Å². The number of rotatable bonds is 3. The van der Waals surface area contributed by atoms with Crippen molar-refractivity contribution in [1.82, 2.24) is 0 Å². The molecule has 1 saturated heterocycles. The van der Waals surface area contributed by atoms with Crippen molar-refractivity contribution >= 4 is 39.7 Å². The average molecular weight is 417 g/mol. The third-order valence-electron chi connectivity index (χ3n) is 6.58. The Kier molecular flexibility index (Phi) is 4.16. The molecule has 5 rings (SSSR count). The number of benzene rings is 1. The Hall–Kier alpha value is -3.24. The van der Waals surface area contributed by atoms with E-state index in [-0.39, 0.29) is 41.4 Å². The molecule has 2 aromatic rings. The van der Waals surface area contributed by atoms with Crippen LogP contribution in [0.15, 0.2) is 36.4 Å². The smallest absolute Gasteiger partial charge is 0.256 e. The molecule has 7 heteroatoms. The van der Waals surface area contributed by atoms with Gasteiger partial charge in [-0.2, -0.15) is 5.26 Å². The number of allylic oxidation sites excluding steroid dienone is 2. The van der Waals surface area contributed by atoms with Crippen molar-refractivity contribution in [2.75, 3.05) is 10.2 Å². The largest absolute Gasteiger partial charge is 0.312 e. The first-order valence-corrected chi connectivity index (χ1v) is 10.7. The zero-order valence-corrected chi connectivity index (χ0v) is 17.3. The molecular formula is C23H19N3O3S. The lowest BCUT2D eigenvalue weighted by Crippen LogP contribution is -2.32. The minimum absolute atomic E-state index is 0.137. The summed E-state index contributed by atoms with van der Waals surface area (Å²) in [6, 6.07) is 8.62. The molecule has 2 heterocycles. The molecule has 2 fully saturated rings. The van der Waals surface area contributed by atoms with E-state index in [0.717, 1.165) is 16.9 Å². The van der Waals surface area contributed by atoms with Gasteiger partial charge in [-0.1, -0.05) is 12.2 Å². The monoisotopic (exact) mass is 417 g/mol. The molecule has 1 aromatic carbocycles. The summed E-state index contributed by atoms with van der Waals surface area (Å²) in [6.07, 6.45) is 5.03. The first kappa shape index (κ1) is 18.8. The van der Waals surface area contributed by atoms with E-state index in [4.69, 9.17) is 0 Å². The van der Waals surface area contributed by atoms with E-state index in [0.29, 0.717) is 21.8 Å². The van der Waals surface area contributed by atoms with Crippen molar-refractivity contribution in [3.63, 3.8) is 0 Å². The first-order valence-electron chi connectivity index (χ1n) is 9.88. The van der Waals surface area contributed by atoms with Gasteiger partial charge < -0.3 is 5.32 Å². The summed E-state index contributed by atoms with van der Waals surface area (Å²) in [7, 11) is 0. The van der Waals surface area contributed by atoms with Crippen LogP contribution in [0.3, 0.4) is 0 Å². The topological polar surface area (TPSA) is 90.3 Å². The molecule has 6 nitrogen and oxygen atoms in total. The summed E-state index contributed by atoms with van der Waals surface area (Å²) in [4.78, 5) is 40.7. The average Bonchev–Trinajstić information content (AvgIpc) is 3.47. The Balaban J connectivity index is 1.36. The highest BCUT2D eigenvalue weighted by Gasteiger charge is 2.59. The van der Waals surface area contributed by atoms with Crippen molar-refractivity contribution < 1.29 is 14.4 Å². The summed E-state index contributed by atoms with van der Waals surface area (Å²) in [6.45, 7) is 3.77. The number of thiophene rings is 1. The van der Waals surface area contributed by atoms with E-state index in [1.165, 1.54) is 16.2 Å². The van der Waals surface area contributed by atoms with Gasteiger partial charge in [0.05, 0.1) is 23.1 Å². The van der Waals surface area contributed by atoms with Crippen LogP contribution < -0.4 is 10.2 Å². The van der Waals surface area contributed by atoms with E-state index in [1.807, 2.05) is 13.8 Å². The van der Waals surface area contributed by atoms with Crippen LogP contribution >= 0.6 is 11.3 Å². The van der Waals surface area contributed by atoms with Gasteiger partial charge in [0, 0.05) is 10.4 Å². The number of amides is 3. The Morgan fingerprint density at radius 1 is 1.10 bits per heavy atom. The van der Waals surface area contributed by atoms with Gasteiger partial charge in [-0.3, -0.25) is 19.3 Å². The molecule has 1 aliphatic heterocycles. The second kappa shape index (κ2) is 6.64. The van der Waals surface area contributed by atoms with Crippen molar-refractivity contribution in [2.24, 2.45) is 23.7 Å². The van der Waals surface area contributed by atoms with Gasteiger partial charge in [0.25, 0.3) is 5.91 Å². The maximum absolute atomic E-state index is 12.9. The van der Waals surface area contributed by atoms with Crippen LogP contribution in [0.4, 0.5) is 10.7 Å². The van der Waals surface area contributed by atoms with Crippen LogP contribution in [0.25, 0.3) is 0 Å². The van der Waals surface area contributed by atoms with Crippen LogP contribution in [0, 0.1) is 48.9 Å². The Labute approximate surface area is 177 Å². The molecule has 0 spiro atoms. The fraction of sp³-hybridized carbons (Fsp3) is 0.304. The second-order valence-corrected chi connectivity index (χ2v) is 9.34. The molecule has 1 N–H and O–H groups in total. The highest BCUT2D eigenvalue weighted by atomic mass is 32.1. The molecule has 30 heavy (non-hydrogen) atoms. The number of carbonyl (C=O) groups is 3. The van der Waals surface area contributed by atoms with E-state index in [1.54, 1.807) is 24.3 Å². The number of nitrogens with zero attached hydrogens (tertiary/aromatic N) is 2. The molecule has 2 bridgehead atoms. The molecule has 0 unspecified atom stereocenters. The van der Waals surface area contributed by atoms with E-state index < -0.39 is 0 Å². The van der Waals surface area contributed by atoms with Gasteiger partial charge in [-0.25, -0.2) is 0 Å². The third-order valence-corrected chi connectivity index (χ3v) is 7.70. The minimum atomic E-state index is -0.336. The lowest BCUT2D eigenvalue weighted by Gasteiger charge is -2.17. The van der Waals surface area contributed by atoms with Crippen molar-refractivity contribution in [2.45, 2.75) is 20.3 Å². The lowest BCUT2D eigenvalue weighted by atomic mass is 9.85. The Bertz CT molecular complexity index is 1140. The van der Waals surface area contributed by atoms with Crippen LogP contribution in [0.2, 0.25) is 0 Å². The lowest BCUT2D eigenvalue weighted by molar-refractivity contribution is -0.123. The standard InChI is InChI=1S/C23H19N3O3S/c1-11-12(2)30-21(17(11)10-24)25-20(27)13-5-7-16(8-6-13)26-22(28)18-14-3-4-15(9-14)19(18)23(26)29/h3-8,14-15,18-19H,9H2,1-2H3,(H,25,27)/t14-,15-,18-,19+/m1/s1. The number of hydrogen-bond donors (Lipinski definition) is 1. The van der Waals surface area contributed by atoms with Crippen molar-refractivity contribution in [3.8, 4) is 6.07 Å². The number of carbonyl (C=O) groups excluding carboxylic acids is 3. The van der Waals surface area contributed by atoms with Gasteiger partial charge >= 0.3 is 0 Å². The molecule has 4 atom stereocenters. The van der Waals surface area contributed by atoms with E-state index >= 15 is 0 Å². The zero-order chi connectivity index (χ0) is 21.2. The number of anilines is 2. The fourth-order valence-electron chi connectivity index (χ4n) is 4.94. The molecule has 1 saturated carbocycles. The molecule has 1 aromatic heterocycles. The maximum atomic E-state index is 12.9. The number of aryl methyl sites for hydroxylation is 1. The molecular weight excluding hydrogens is 398 g/mol. The minimum Gasteiger partial charge on any atom is -0.312 e. The van der Waals surface area contributed by atoms with Crippen LogP contribution in [-0.2, 0) is 9.59 Å². The van der Waals surface area contributed by atoms with Gasteiger partial charge in [-0.15, -0.1) is 11.3 Å². The SMILES string of the molecule is Cc1sc(NC(=O)c2ccc(N3C(=O)[C@@H]4[C@H](C3=O)[C@@H]3C=C[C@@H]4C3)cc2)c(C#N)c1C. The van der Waals surface area contributed by atoms with Crippen LogP contribution in [0.1, 0.15) is 32.8 Å². The fourth-order valence-corrected chi connectivity index (χ4v) is 5.95. The Morgan fingerprint density at radius 2 is 1.70 bits per heavy atom. The number of nitrogens with one attached hydrogen (secondary N) is 1. The van der Waals surface area contributed by atoms with Gasteiger partial charge in [0.15, 0.2) is 0 Å². The zero-order valence-electron chi connectivity index (χ0n) is 16.5. The molecule has 3 amide bonds. The van der Waals surface area contributed by atoms with Crippen molar-refractivity contribution in [3.05, 3.63) is 58.0 Å². The molecule has 150 valence electrons. The van der Waals surface area contributed by atoms with Crippen LogP contribution in [-0.4, -0.2) is 17.7 Å². The molecule has 3 aliphatic rings. The van der Waals surface area contributed by atoms with E-state index in [9.17, 15) is 19.6 Å². The predicted molar refractivity (Wildman–Crippen MR) is 113 cm³/mol. The predicted octanol–water partition coefficient (Wildman–Crippen LogP) is 3.80. The van der Waals surface area contributed by atoms with Gasteiger partial charge in [0.1, 0.15) is 11.1 Å². The highest BCUT2D eigenvalue weighted by molar-refractivity contribution is 7.16. The van der Waals surface area contributed by atoms with E-state index in [2.05, 4.69) is 23.5 Å². The molecule has 2 aliphatic carbocycles. The molecule has 0 radical (unpaired) electrons. The Morgan fingerprint density at radius 3 is 2.27 bits per heavy atom. The summed E-state index contributed by atoms with van der Waals surface area (Å²) in [5, 5.41) is 12.7. The summed E-state index contributed by atoms with van der Waals surface area (Å²) >= 11 is 1.37. The quantitative estimate of drug-likeness (QED) is 0.608. The number of imide groups is 1. The maximum Gasteiger partial charge on any atom is 0.256 e. The third kappa shape index (κ3) is 2.57. The summed E-state index contributed by atoms with van der Waals surface area (Å²) in [5.41, 5.74) is 2.24. The number of fused-ring (bicyclic) bond motifs is 5. The number of hydrogen-bond acceptors (Lipinski definition) is 5.